The Balaban J connectivity index is 2.18. The Morgan fingerprint density at radius 1 is 1.15 bits per heavy atom. The molecular formula is C24H26BrNO7. The Bertz CT molecular complexity index is 1080. The van der Waals surface area contributed by atoms with Crippen LogP contribution in [0.1, 0.15) is 30.5 Å². The van der Waals surface area contributed by atoms with Crippen molar-refractivity contribution in [2.24, 2.45) is 0 Å². The lowest BCUT2D eigenvalue weighted by Gasteiger charge is -2.25. The molecule has 1 heterocycles. The maximum Gasteiger partial charge on any atom is 0.295 e. The van der Waals surface area contributed by atoms with E-state index in [0.29, 0.717) is 28.0 Å². The maximum atomic E-state index is 13.1. The van der Waals surface area contributed by atoms with Crippen LogP contribution >= 0.6 is 15.9 Å². The molecule has 0 aliphatic carbocycles. The average Bonchev–Trinajstić information content (AvgIpc) is 3.07. The fourth-order valence-corrected chi connectivity index (χ4v) is 4.12. The van der Waals surface area contributed by atoms with Gasteiger partial charge in [0.15, 0.2) is 11.5 Å². The van der Waals surface area contributed by atoms with Crippen molar-refractivity contribution in [3.8, 4) is 17.2 Å². The van der Waals surface area contributed by atoms with Gasteiger partial charge in [0.25, 0.3) is 11.7 Å². The van der Waals surface area contributed by atoms with Crippen molar-refractivity contribution in [3.63, 3.8) is 0 Å². The smallest absolute Gasteiger partial charge is 0.295 e. The number of carbonyl (C=O) groups is 2. The highest BCUT2D eigenvalue weighted by Gasteiger charge is 2.46. The van der Waals surface area contributed by atoms with Gasteiger partial charge in [-0.05, 0) is 52.2 Å². The first-order valence-electron chi connectivity index (χ1n) is 10.4. The summed E-state index contributed by atoms with van der Waals surface area (Å²) in [6.45, 7) is 2.81. The molecule has 2 aromatic carbocycles. The highest BCUT2D eigenvalue weighted by molar-refractivity contribution is 9.10. The van der Waals surface area contributed by atoms with Crippen LogP contribution in [0.2, 0.25) is 0 Å². The van der Waals surface area contributed by atoms with Gasteiger partial charge in [0.05, 0.1) is 36.4 Å². The Morgan fingerprint density at radius 2 is 1.91 bits per heavy atom. The molecule has 176 valence electrons. The van der Waals surface area contributed by atoms with Gasteiger partial charge >= 0.3 is 0 Å². The van der Waals surface area contributed by atoms with Gasteiger partial charge < -0.3 is 29.3 Å². The molecule has 1 amide bonds. The number of benzene rings is 2. The van der Waals surface area contributed by atoms with Gasteiger partial charge in [-0.1, -0.05) is 19.1 Å². The number of amides is 1. The van der Waals surface area contributed by atoms with Crippen LogP contribution in [0.25, 0.3) is 5.76 Å². The Kier molecular flexibility index (Phi) is 7.99. The standard InChI is InChI=1S/C24H26BrNO7/c1-4-9-33-16-7-5-6-14(11-16)21(27)19-20(26(8-10-31-2)24(30)23(19)29)15-12-17(25)22(28)18(13-15)32-3/h5-7,11-13,20,27-28H,4,8-10H2,1-3H3. The summed E-state index contributed by atoms with van der Waals surface area (Å²) in [5.74, 6) is -1.29. The van der Waals surface area contributed by atoms with E-state index in [9.17, 15) is 19.8 Å². The number of methoxy groups -OCH3 is 2. The van der Waals surface area contributed by atoms with Crippen LogP contribution in [0.5, 0.6) is 17.2 Å². The van der Waals surface area contributed by atoms with Gasteiger partial charge in [0.2, 0.25) is 0 Å². The maximum absolute atomic E-state index is 13.1. The quantitative estimate of drug-likeness (QED) is 0.292. The van der Waals surface area contributed by atoms with Gasteiger partial charge in [-0.15, -0.1) is 0 Å². The highest BCUT2D eigenvalue weighted by Crippen LogP contribution is 2.44. The largest absolute Gasteiger partial charge is 0.507 e. The summed E-state index contributed by atoms with van der Waals surface area (Å²) in [6.07, 6.45) is 0.818. The van der Waals surface area contributed by atoms with Crippen molar-refractivity contribution < 1.29 is 34.0 Å². The number of nitrogens with zero attached hydrogens (tertiary/aromatic N) is 1. The average molecular weight is 520 g/mol. The van der Waals surface area contributed by atoms with Gasteiger partial charge in [0.1, 0.15) is 11.5 Å². The van der Waals surface area contributed by atoms with E-state index in [2.05, 4.69) is 15.9 Å². The zero-order valence-corrected chi connectivity index (χ0v) is 20.2. The first-order valence-corrected chi connectivity index (χ1v) is 11.2. The van der Waals surface area contributed by atoms with Crippen molar-refractivity contribution in [1.29, 1.82) is 0 Å². The molecule has 1 aliphatic rings. The fraction of sp³-hybridized carbons (Fsp3) is 0.333. The van der Waals surface area contributed by atoms with Crippen LogP contribution in [0, 0.1) is 0 Å². The molecule has 1 fully saturated rings. The van der Waals surface area contributed by atoms with Crippen LogP contribution in [-0.4, -0.2) is 60.8 Å². The summed E-state index contributed by atoms with van der Waals surface area (Å²) in [5.41, 5.74) is 0.762. The van der Waals surface area contributed by atoms with Gasteiger partial charge in [-0.25, -0.2) is 0 Å². The first-order chi connectivity index (χ1) is 15.8. The molecule has 9 heteroatoms. The summed E-state index contributed by atoms with van der Waals surface area (Å²) >= 11 is 3.28. The van der Waals surface area contributed by atoms with Crippen molar-refractivity contribution in [1.82, 2.24) is 4.90 Å². The van der Waals surface area contributed by atoms with Crippen molar-refractivity contribution in [2.45, 2.75) is 19.4 Å². The number of ether oxygens (including phenoxy) is 3. The second kappa shape index (κ2) is 10.7. The normalized spacial score (nSPS) is 17.5. The monoisotopic (exact) mass is 519 g/mol. The molecule has 2 aromatic rings. The molecule has 1 atom stereocenters. The Hall–Kier alpha value is -3.04. The van der Waals surface area contributed by atoms with E-state index in [0.717, 1.165) is 6.42 Å². The molecule has 2 N–H and O–H groups in total. The number of rotatable bonds is 9. The zero-order valence-electron chi connectivity index (χ0n) is 18.6. The number of Topliss-reactive ketones (excluding diaryl/α,β-unsaturated/α-hetero) is 1. The van der Waals surface area contributed by atoms with Crippen LogP contribution in [0.3, 0.4) is 0 Å². The van der Waals surface area contributed by atoms with E-state index in [-0.39, 0.29) is 36.0 Å². The Morgan fingerprint density at radius 3 is 2.58 bits per heavy atom. The lowest BCUT2D eigenvalue weighted by atomic mass is 9.95. The van der Waals surface area contributed by atoms with E-state index >= 15 is 0 Å². The second-order valence-corrected chi connectivity index (χ2v) is 8.27. The summed E-state index contributed by atoms with van der Waals surface area (Å²) in [5, 5.41) is 21.4. The lowest BCUT2D eigenvalue weighted by molar-refractivity contribution is -0.140. The van der Waals surface area contributed by atoms with Crippen molar-refractivity contribution in [2.75, 3.05) is 34.0 Å². The van der Waals surface area contributed by atoms with E-state index in [1.807, 2.05) is 6.92 Å². The summed E-state index contributed by atoms with van der Waals surface area (Å²) < 4.78 is 16.3. The number of halogens is 1. The zero-order chi connectivity index (χ0) is 24.1. The van der Waals surface area contributed by atoms with Crippen molar-refractivity contribution >= 4 is 33.4 Å². The molecule has 1 saturated heterocycles. The molecule has 33 heavy (non-hydrogen) atoms. The number of hydrogen-bond acceptors (Lipinski definition) is 7. The van der Waals surface area contributed by atoms with Crippen LogP contribution in [0.4, 0.5) is 0 Å². The molecule has 3 rings (SSSR count). The minimum atomic E-state index is -0.911. The molecule has 0 radical (unpaired) electrons. The number of phenols is 1. The van der Waals surface area contributed by atoms with E-state index in [4.69, 9.17) is 14.2 Å². The topological polar surface area (TPSA) is 106 Å². The molecule has 0 bridgehead atoms. The number of phenolic OH excluding ortho intramolecular Hbond substituents is 1. The molecular weight excluding hydrogens is 494 g/mol. The van der Waals surface area contributed by atoms with Crippen LogP contribution in [0.15, 0.2) is 46.4 Å². The highest BCUT2D eigenvalue weighted by atomic mass is 79.9. The fourth-order valence-electron chi connectivity index (χ4n) is 3.66. The minimum Gasteiger partial charge on any atom is -0.507 e. The SMILES string of the molecule is CCCOc1cccc(C(O)=C2C(=O)C(=O)N(CCOC)C2c2cc(Br)c(O)c(OC)c2)c1. The van der Waals surface area contributed by atoms with E-state index in [1.165, 1.54) is 25.2 Å². The number of likely N-dealkylation sites (tertiary alicyclic amines) is 1. The summed E-state index contributed by atoms with van der Waals surface area (Å²) in [4.78, 5) is 27.3. The summed E-state index contributed by atoms with van der Waals surface area (Å²) in [6, 6.07) is 8.93. The molecule has 0 spiro atoms. The molecule has 1 aliphatic heterocycles. The predicted octanol–water partition coefficient (Wildman–Crippen LogP) is 4.02. The molecule has 1 unspecified atom stereocenters. The number of ketones is 1. The van der Waals surface area contributed by atoms with Crippen LogP contribution in [-0.2, 0) is 14.3 Å². The first kappa shape index (κ1) is 24.6. The third kappa shape index (κ3) is 4.99. The number of carbonyl (C=O) groups excluding carboxylic acids is 2. The van der Waals surface area contributed by atoms with Crippen LogP contribution < -0.4 is 9.47 Å². The predicted molar refractivity (Wildman–Crippen MR) is 125 cm³/mol. The Labute approximate surface area is 200 Å². The van der Waals surface area contributed by atoms with Gasteiger partial charge in [-0.3, -0.25) is 9.59 Å². The number of hydrogen-bond donors (Lipinski definition) is 2. The molecule has 8 nitrogen and oxygen atoms in total. The lowest BCUT2D eigenvalue weighted by Crippen LogP contribution is -2.32. The van der Waals surface area contributed by atoms with Gasteiger partial charge in [0, 0.05) is 19.2 Å². The van der Waals surface area contributed by atoms with Crippen molar-refractivity contribution in [3.05, 3.63) is 57.6 Å². The third-order valence-electron chi connectivity index (χ3n) is 5.24. The molecule has 0 saturated carbocycles. The van der Waals surface area contributed by atoms with E-state index in [1.54, 1.807) is 30.3 Å². The minimum absolute atomic E-state index is 0.0663. The number of aromatic hydroxyl groups is 1. The molecule has 0 aromatic heterocycles. The van der Waals surface area contributed by atoms with E-state index < -0.39 is 17.7 Å². The van der Waals surface area contributed by atoms with Gasteiger partial charge in [-0.2, -0.15) is 0 Å². The summed E-state index contributed by atoms with van der Waals surface area (Å²) in [7, 11) is 2.89. The number of aliphatic hydroxyl groups excluding tert-OH is 1. The second-order valence-electron chi connectivity index (χ2n) is 7.42. The third-order valence-corrected chi connectivity index (χ3v) is 5.85. The number of aliphatic hydroxyl groups is 1.